The summed E-state index contributed by atoms with van der Waals surface area (Å²) in [6, 6.07) is 11.7. The van der Waals surface area contributed by atoms with Crippen LogP contribution in [0.2, 0.25) is 0 Å². The highest BCUT2D eigenvalue weighted by molar-refractivity contribution is 7.89. The van der Waals surface area contributed by atoms with Gasteiger partial charge in [0.05, 0.1) is 12.0 Å². The molecule has 0 unspecified atom stereocenters. The average molecular weight is 337 g/mol. The van der Waals surface area contributed by atoms with Gasteiger partial charge in [-0.25, -0.2) is 17.5 Å². The Morgan fingerprint density at radius 1 is 1.13 bits per heavy atom. The molecular formula is C17H20FNO3S. The van der Waals surface area contributed by atoms with Crippen LogP contribution in [0.4, 0.5) is 4.39 Å². The first-order chi connectivity index (χ1) is 10.9. The number of nitrogens with one attached hydrogen (secondary N) is 1. The second kappa shape index (κ2) is 7.57. The molecule has 0 aliphatic carbocycles. The van der Waals surface area contributed by atoms with E-state index in [1.165, 1.54) is 24.8 Å². The van der Waals surface area contributed by atoms with Gasteiger partial charge in [0.1, 0.15) is 0 Å². The SMILES string of the molecule is COc1ccc(S(=O)(=O)NCCCc2ccc(C)cc2)cc1F. The van der Waals surface area contributed by atoms with Crippen molar-refractivity contribution in [3.05, 3.63) is 59.4 Å². The minimum absolute atomic E-state index is 0.0170. The van der Waals surface area contributed by atoms with E-state index in [2.05, 4.69) is 4.72 Å². The zero-order chi connectivity index (χ0) is 16.9. The van der Waals surface area contributed by atoms with E-state index >= 15 is 0 Å². The van der Waals surface area contributed by atoms with Crippen molar-refractivity contribution in [2.24, 2.45) is 0 Å². The van der Waals surface area contributed by atoms with Gasteiger partial charge in [0.15, 0.2) is 11.6 Å². The van der Waals surface area contributed by atoms with E-state index < -0.39 is 15.8 Å². The van der Waals surface area contributed by atoms with Gasteiger partial charge < -0.3 is 4.74 Å². The Morgan fingerprint density at radius 3 is 2.43 bits per heavy atom. The smallest absolute Gasteiger partial charge is 0.240 e. The third-order valence-corrected chi connectivity index (χ3v) is 4.95. The van der Waals surface area contributed by atoms with Crippen LogP contribution in [-0.2, 0) is 16.4 Å². The Morgan fingerprint density at radius 2 is 1.83 bits per heavy atom. The zero-order valence-electron chi connectivity index (χ0n) is 13.2. The van der Waals surface area contributed by atoms with Crippen molar-refractivity contribution in [3.8, 4) is 5.75 Å². The number of hydrogen-bond donors (Lipinski definition) is 1. The van der Waals surface area contributed by atoms with Crippen LogP contribution in [0.25, 0.3) is 0 Å². The molecule has 6 heteroatoms. The third kappa shape index (κ3) is 4.77. The summed E-state index contributed by atoms with van der Waals surface area (Å²) in [6.07, 6.45) is 1.45. The van der Waals surface area contributed by atoms with Crippen molar-refractivity contribution in [2.75, 3.05) is 13.7 Å². The fourth-order valence-electron chi connectivity index (χ4n) is 2.15. The maximum absolute atomic E-state index is 13.6. The molecule has 0 aliphatic heterocycles. The van der Waals surface area contributed by atoms with Crippen LogP contribution >= 0.6 is 0 Å². The molecule has 0 amide bonds. The number of sulfonamides is 1. The molecule has 0 heterocycles. The second-order valence-electron chi connectivity index (χ2n) is 5.28. The lowest BCUT2D eigenvalue weighted by Crippen LogP contribution is -2.25. The van der Waals surface area contributed by atoms with Gasteiger partial charge in [0.25, 0.3) is 0 Å². The molecule has 0 aromatic heterocycles. The predicted octanol–water partition coefficient (Wildman–Crippen LogP) is 3.05. The van der Waals surface area contributed by atoms with E-state index in [0.29, 0.717) is 13.0 Å². The number of benzene rings is 2. The zero-order valence-corrected chi connectivity index (χ0v) is 14.0. The fraction of sp³-hybridized carbons (Fsp3) is 0.294. The van der Waals surface area contributed by atoms with E-state index in [1.54, 1.807) is 0 Å². The number of aryl methyl sites for hydroxylation is 2. The first kappa shape index (κ1) is 17.4. The molecule has 0 saturated heterocycles. The number of rotatable bonds is 7. The summed E-state index contributed by atoms with van der Waals surface area (Å²) < 4.78 is 45.1. The Kier molecular flexibility index (Phi) is 5.74. The summed E-state index contributed by atoms with van der Waals surface area (Å²) in [7, 11) is -2.39. The van der Waals surface area contributed by atoms with Crippen LogP contribution in [0.1, 0.15) is 17.5 Å². The standard InChI is InChI=1S/C17H20FNO3S/c1-13-5-7-14(8-6-13)4-3-11-19-23(20,21)15-9-10-17(22-2)16(18)12-15/h5-10,12,19H,3-4,11H2,1-2H3. The lowest BCUT2D eigenvalue weighted by molar-refractivity contribution is 0.385. The highest BCUT2D eigenvalue weighted by Crippen LogP contribution is 2.20. The summed E-state index contributed by atoms with van der Waals surface area (Å²) in [5, 5.41) is 0. The summed E-state index contributed by atoms with van der Waals surface area (Å²) >= 11 is 0. The maximum atomic E-state index is 13.6. The van der Waals surface area contributed by atoms with Crippen molar-refractivity contribution in [1.29, 1.82) is 0 Å². The van der Waals surface area contributed by atoms with Crippen molar-refractivity contribution in [2.45, 2.75) is 24.7 Å². The Labute approximate surface area is 136 Å². The molecule has 2 rings (SSSR count). The second-order valence-corrected chi connectivity index (χ2v) is 7.05. The van der Waals surface area contributed by atoms with Crippen molar-refractivity contribution in [3.63, 3.8) is 0 Å². The van der Waals surface area contributed by atoms with Crippen molar-refractivity contribution >= 4 is 10.0 Å². The van der Waals surface area contributed by atoms with E-state index in [4.69, 9.17) is 4.74 Å². The van der Waals surface area contributed by atoms with E-state index in [0.717, 1.165) is 18.1 Å². The summed E-state index contributed by atoms with van der Waals surface area (Å²) in [5.74, 6) is -0.682. The minimum atomic E-state index is -3.71. The predicted molar refractivity (Wildman–Crippen MR) is 87.6 cm³/mol. The van der Waals surface area contributed by atoms with Crippen LogP contribution in [-0.4, -0.2) is 22.1 Å². The van der Waals surface area contributed by atoms with Gasteiger partial charge in [-0.1, -0.05) is 29.8 Å². The first-order valence-electron chi connectivity index (χ1n) is 7.31. The van der Waals surface area contributed by atoms with Gasteiger partial charge in [-0.15, -0.1) is 0 Å². The van der Waals surface area contributed by atoms with Crippen LogP contribution in [0.15, 0.2) is 47.4 Å². The van der Waals surface area contributed by atoms with E-state index in [-0.39, 0.29) is 10.6 Å². The van der Waals surface area contributed by atoms with Gasteiger partial charge in [-0.2, -0.15) is 0 Å². The van der Waals surface area contributed by atoms with Crippen LogP contribution < -0.4 is 9.46 Å². The first-order valence-corrected chi connectivity index (χ1v) is 8.79. The van der Waals surface area contributed by atoms with Gasteiger partial charge in [-0.3, -0.25) is 0 Å². The van der Waals surface area contributed by atoms with Crippen LogP contribution in [0.5, 0.6) is 5.75 Å². The molecule has 2 aromatic rings. The summed E-state index contributed by atoms with van der Waals surface area (Å²) in [6.45, 7) is 2.32. The lowest BCUT2D eigenvalue weighted by atomic mass is 10.1. The normalized spacial score (nSPS) is 11.4. The Balaban J connectivity index is 1.91. The molecule has 0 radical (unpaired) electrons. The molecule has 0 spiro atoms. The highest BCUT2D eigenvalue weighted by Gasteiger charge is 2.16. The van der Waals surface area contributed by atoms with Gasteiger partial charge >= 0.3 is 0 Å². The molecule has 23 heavy (non-hydrogen) atoms. The minimum Gasteiger partial charge on any atom is -0.494 e. The van der Waals surface area contributed by atoms with Crippen molar-refractivity contribution < 1.29 is 17.5 Å². The fourth-order valence-corrected chi connectivity index (χ4v) is 3.24. The van der Waals surface area contributed by atoms with Gasteiger partial charge in [-0.05, 0) is 43.5 Å². The molecule has 0 saturated carbocycles. The summed E-state index contributed by atoms with van der Waals surface area (Å²) in [4.78, 5) is -0.105. The number of methoxy groups -OCH3 is 1. The maximum Gasteiger partial charge on any atom is 0.240 e. The number of halogens is 1. The van der Waals surface area contributed by atoms with Crippen molar-refractivity contribution in [1.82, 2.24) is 4.72 Å². The highest BCUT2D eigenvalue weighted by atomic mass is 32.2. The Bertz CT molecular complexity index is 758. The van der Waals surface area contributed by atoms with Crippen LogP contribution in [0, 0.1) is 12.7 Å². The number of hydrogen-bond acceptors (Lipinski definition) is 3. The number of ether oxygens (including phenoxy) is 1. The van der Waals surface area contributed by atoms with E-state index in [9.17, 15) is 12.8 Å². The largest absolute Gasteiger partial charge is 0.494 e. The molecule has 124 valence electrons. The molecule has 0 atom stereocenters. The molecule has 0 bridgehead atoms. The molecule has 4 nitrogen and oxygen atoms in total. The molecular weight excluding hydrogens is 317 g/mol. The van der Waals surface area contributed by atoms with Gasteiger partial charge in [0, 0.05) is 6.54 Å². The Hall–Kier alpha value is -1.92. The molecule has 2 aromatic carbocycles. The quantitative estimate of drug-likeness (QED) is 0.790. The molecule has 0 fully saturated rings. The van der Waals surface area contributed by atoms with Crippen LogP contribution in [0.3, 0.4) is 0 Å². The van der Waals surface area contributed by atoms with E-state index in [1.807, 2.05) is 31.2 Å². The topological polar surface area (TPSA) is 55.4 Å². The molecule has 1 N–H and O–H groups in total. The average Bonchev–Trinajstić information content (AvgIpc) is 2.53. The lowest BCUT2D eigenvalue weighted by Gasteiger charge is -2.08. The molecule has 0 aliphatic rings. The third-order valence-electron chi connectivity index (χ3n) is 3.49. The monoisotopic (exact) mass is 337 g/mol. The summed E-state index contributed by atoms with van der Waals surface area (Å²) in [5.41, 5.74) is 2.35. The van der Waals surface area contributed by atoms with Gasteiger partial charge in [0.2, 0.25) is 10.0 Å².